The quantitative estimate of drug-likeness (QED) is 0.519. The lowest BCUT2D eigenvalue weighted by Gasteiger charge is -1.89. The van der Waals surface area contributed by atoms with Gasteiger partial charge >= 0.3 is 0 Å². The summed E-state index contributed by atoms with van der Waals surface area (Å²) in [5.74, 6) is -0.0110. The minimum atomic E-state index is -0.0110. The Morgan fingerprint density at radius 2 is 2.36 bits per heavy atom. The lowest BCUT2D eigenvalue weighted by atomic mass is 10.2. The molecule has 53 valence electrons. The molecule has 1 amide bonds. The predicted molar refractivity (Wildman–Crippen MR) is 41.2 cm³/mol. The highest BCUT2D eigenvalue weighted by Gasteiger charge is 2.17. The molecule has 1 aliphatic heterocycles. The Kier molecular flexibility index (Phi) is 1.94. The van der Waals surface area contributed by atoms with Crippen molar-refractivity contribution in [1.82, 2.24) is 10.3 Å². The minimum Gasteiger partial charge on any atom is -0.346 e. The van der Waals surface area contributed by atoms with Crippen LogP contribution in [-0.2, 0) is 6.54 Å². The van der Waals surface area contributed by atoms with E-state index in [9.17, 15) is 4.79 Å². The van der Waals surface area contributed by atoms with Crippen LogP contribution in [0.25, 0.3) is 0 Å². The van der Waals surface area contributed by atoms with E-state index in [2.05, 4.69) is 10.3 Å². The van der Waals surface area contributed by atoms with E-state index in [4.69, 9.17) is 0 Å². The average molecular weight is 145 g/mol. The van der Waals surface area contributed by atoms with Crippen molar-refractivity contribution < 1.29 is 4.79 Å². The summed E-state index contributed by atoms with van der Waals surface area (Å²) in [4.78, 5) is 14.9. The Bertz CT molecular complexity index is 288. The molecular formula is C7H6BN2O. The molecule has 3 nitrogen and oxygen atoms in total. The van der Waals surface area contributed by atoms with Gasteiger partial charge < -0.3 is 5.32 Å². The van der Waals surface area contributed by atoms with Gasteiger partial charge in [-0.15, -0.1) is 0 Å². The molecule has 0 aromatic carbocycles. The summed E-state index contributed by atoms with van der Waals surface area (Å²) in [7, 11) is 0. The lowest BCUT2D eigenvalue weighted by molar-refractivity contribution is 0.0966. The Morgan fingerprint density at radius 3 is 3.09 bits per heavy atom. The molecular weight excluding hydrogens is 139 g/mol. The van der Waals surface area contributed by atoms with Gasteiger partial charge in [0.25, 0.3) is 5.91 Å². The maximum atomic E-state index is 10.9. The molecule has 0 fully saturated rings. The van der Waals surface area contributed by atoms with Crippen LogP contribution in [0.15, 0.2) is 18.3 Å². The third-order valence-electron chi connectivity index (χ3n) is 1.55. The fraction of sp³-hybridized carbons (Fsp3) is 0.143. The molecule has 1 aliphatic rings. The molecule has 0 bridgehead atoms. The van der Waals surface area contributed by atoms with Crippen molar-refractivity contribution in [3.8, 4) is 0 Å². The van der Waals surface area contributed by atoms with Gasteiger partial charge in [0.15, 0.2) is 0 Å². The number of nitrogens with zero attached hydrogens (tertiary/aromatic N) is 1. The van der Waals surface area contributed by atoms with Crippen LogP contribution in [0.5, 0.6) is 0 Å². The van der Waals surface area contributed by atoms with E-state index in [-0.39, 0.29) is 14.3 Å². The molecule has 11 heavy (non-hydrogen) atoms. The molecule has 0 aliphatic carbocycles. The van der Waals surface area contributed by atoms with Crippen LogP contribution < -0.4 is 5.32 Å². The summed E-state index contributed by atoms with van der Waals surface area (Å²) >= 11 is 0. The van der Waals surface area contributed by atoms with Crippen LogP contribution in [0.4, 0.5) is 0 Å². The first-order valence-electron chi connectivity index (χ1n) is 3.10. The van der Waals surface area contributed by atoms with Gasteiger partial charge in [0.05, 0.1) is 17.8 Å². The van der Waals surface area contributed by atoms with Crippen molar-refractivity contribution in [3.05, 3.63) is 29.6 Å². The van der Waals surface area contributed by atoms with E-state index >= 15 is 0 Å². The molecule has 0 saturated carbocycles. The number of aromatic nitrogens is 1. The zero-order valence-electron chi connectivity index (χ0n) is 5.87. The molecule has 1 aromatic heterocycles. The van der Waals surface area contributed by atoms with Crippen LogP contribution in [0.1, 0.15) is 16.1 Å². The standard InChI is InChI=1S/C7H6N2O.B/c10-7-5-2-1-3-8-6(5)4-9-7;/h1-3H,4H2,(H,9,10);. The van der Waals surface area contributed by atoms with Crippen LogP contribution in [0.3, 0.4) is 0 Å². The second kappa shape index (κ2) is 2.74. The number of hydrogen-bond acceptors (Lipinski definition) is 2. The van der Waals surface area contributed by atoms with Crippen molar-refractivity contribution in [3.63, 3.8) is 0 Å². The van der Waals surface area contributed by atoms with E-state index in [1.54, 1.807) is 18.3 Å². The van der Waals surface area contributed by atoms with Crippen molar-refractivity contribution in [1.29, 1.82) is 0 Å². The van der Waals surface area contributed by atoms with Gasteiger partial charge in [-0.1, -0.05) is 0 Å². The first kappa shape index (κ1) is 7.79. The summed E-state index contributed by atoms with van der Waals surface area (Å²) in [5.41, 5.74) is 1.56. The SMILES string of the molecule is O=C1NCc2ncccc21.[B]. The van der Waals surface area contributed by atoms with Gasteiger partial charge in [-0.3, -0.25) is 9.78 Å². The molecule has 2 rings (SSSR count). The zero-order valence-corrected chi connectivity index (χ0v) is 5.87. The summed E-state index contributed by atoms with van der Waals surface area (Å²) in [5, 5.41) is 2.68. The third-order valence-corrected chi connectivity index (χ3v) is 1.55. The van der Waals surface area contributed by atoms with Crippen LogP contribution in [0, 0.1) is 0 Å². The van der Waals surface area contributed by atoms with Crippen molar-refractivity contribution in [2.24, 2.45) is 0 Å². The molecule has 4 heteroatoms. The minimum absolute atomic E-state index is 0. The molecule has 0 atom stereocenters. The molecule has 1 aromatic rings. The van der Waals surface area contributed by atoms with Crippen molar-refractivity contribution in [2.45, 2.75) is 6.54 Å². The Labute approximate surface area is 66.4 Å². The highest BCUT2D eigenvalue weighted by Crippen LogP contribution is 2.10. The predicted octanol–water partition coefficient (Wildman–Crippen LogP) is -0.0558. The maximum Gasteiger partial charge on any atom is 0.253 e. The molecule has 0 unspecified atom stereocenters. The first-order valence-corrected chi connectivity index (χ1v) is 3.10. The summed E-state index contributed by atoms with van der Waals surface area (Å²) < 4.78 is 0. The van der Waals surface area contributed by atoms with E-state index in [1.807, 2.05) is 0 Å². The topological polar surface area (TPSA) is 42.0 Å². The van der Waals surface area contributed by atoms with Crippen LogP contribution in [0.2, 0.25) is 0 Å². The molecule has 2 heterocycles. The number of pyridine rings is 1. The molecule has 3 radical (unpaired) electrons. The molecule has 0 spiro atoms. The fourth-order valence-corrected chi connectivity index (χ4v) is 1.04. The van der Waals surface area contributed by atoms with Gasteiger partial charge in [0, 0.05) is 14.6 Å². The van der Waals surface area contributed by atoms with Gasteiger partial charge in [0.1, 0.15) is 0 Å². The zero-order chi connectivity index (χ0) is 6.97. The number of carbonyl (C=O) groups is 1. The number of fused-ring (bicyclic) bond motifs is 1. The molecule has 1 N–H and O–H groups in total. The number of rotatable bonds is 0. The van der Waals surface area contributed by atoms with Gasteiger partial charge in [0.2, 0.25) is 0 Å². The summed E-state index contributed by atoms with van der Waals surface area (Å²) in [6.45, 7) is 0.578. The van der Waals surface area contributed by atoms with Crippen LogP contribution in [-0.4, -0.2) is 19.3 Å². The molecule has 0 saturated heterocycles. The number of hydrogen-bond donors (Lipinski definition) is 1. The summed E-state index contributed by atoms with van der Waals surface area (Å²) in [6, 6.07) is 3.55. The third kappa shape index (κ3) is 1.11. The summed E-state index contributed by atoms with van der Waals surface area (Å²) in [6.07, 6.45) is 1.69. The van der Waals surface area contributed by atoms with Gasteiger partial charge in [-0.25, -0.2) is 0 Å². The lowest BCUT2D eigenvalue weighted by Crippen LogP contribution is -2.12. The second-order valence-electron chi connectivity index (χ2n) is 2.18. The fourth-order valence-electron chi connectivity index (χ4n) is 1.04. The number of carbonyl (C=O) groups excluding carboxylic acids is 1. The van der Waals surface area contributed by atoms with Crippen molar-refractivity contribution >= 4 is 14.3 Å². The number of nitrogens with one attached hydrogen (secondary N) is 1. The van der Waals surface area contributed by atoms with Gasteiger partial charge in [-0.2, -0.15) is 0 Å². The highest BCUT2D eigenvalue weighted by molar-refractivity contribution is 5.97. The number of amides is 1. The Balaban J connectivity index is 0.000000605. The van der Waals surface area contributed by atoms with E-state index in [0.29, 0.717) is 12.1 Å². The van der Waals surface area contributed by atoms with E-state index in [0.717, 1.165) is 5.69 Å². The maximum absolute atomic E-state index is 10.9. The largest absolute Gasteiger partial charge is 0.346 e. The van der Waals surface area contributed by atoms with E-state index in [1.165, 1.54) is 0 Å². The highest BCUT2D eigenvalue weighted by atomic mass is 16.1. The van der Waals surface area contributed by atoms with Gasteiger partial charge in [-0.05, 0) is 12.1 Å². The second-order valence-corrected chi connectivity index (χ2v) is 2.18. The van der Waals surface area contributed by atoms with E-state index < -0.39 is 0 Å². The smallest absolute Gasteiger partial charge is 0.253 e. The Morgan fingerprint density at radius 1 is 1.55 bits per heavy atom. The monoisotopic (exact) mass is 145 g/mol. The average Bonchev–Trinajstić information content (AvgIpc) is 2.34. The first-order chi connectivity index (χ1) is 4.88. The van der Waals surface area contributed by atoms with Crippen LogP contribution >= 0.6 is 0 Å². The normalized spacial score (nSPS) is 13.3. The van der Waals surface area contributed by atoms with Crippen molar-refractivity contribution in [2.75, 3.05) is 0 Å². The Hall–Kier alpha value is -1.32.